The largest absolute Gasteiger partial charge is 0.497 e. The minimum Gasteiger partial charge on any atom is -0.497 e. The third-order valence-electron chi connectivity index (χ3n) is 5.78. The van der Waals surface area contributed by atoms with Gasteiger partial charge in [0.15, 0.2) is 0 Å². The summed E-state index contributed by atoms with van der Waals surface area (Å²) in [5.74, 6) is 1.19. The molecule has 1 aromatic heterocycles. The lowest BCUT2D eigenvalue weighted by molar-refractivity contribution is -0.137. The summed E-state index contributed by atoms with van der Waals surface area (Å²) in [6.07, 6.45) is 3.63. The van der Waals surface area contributed by atoms with Crippen LogP contribution < -0.4 is 14.4 Å². The van der Waals surface area contributed by atoms with Crippen LogP contribution in [-0.2, 0) is 9.59 Å². The molecule has 2 aromatic rings. The van der Waals surface area contributed by atoms with Crippen LogP contribution in [-0.4, -0.2) is 54.5 Å². The number of carbonyl (C=O) groups excluding carboxylic acids is 2. The summed E-state index contributed by atoms with van der Waals surface area (Å²) in [4.78, 5) is 33.4. The van der Waals surface area contributed by atoms with Crippen molar-refractivity contribution < 1.29 is 19.1 Å². The standard InChI is InChI=1S/C23H27N3O4/c1-16-6-7-21(14-24-16)30-19-8-10-25(11-9-19)23(28)17-12-22(27)26(15-17)18-4-3-5-20(13-18)29-2/h3-7,13-14,17,19H,8-12,15H2,1-2H3. The van der Waals surface area contributed by atoms with Crippen molar-refractivity contribution in [2.24, 2.45) is 5.92 Å². The van der Waals surface area contributed by atoms with Crippen LogP contribution in [0.15, 0.2) is 42.6 Å². The second-order valence-electron chi connectivity index (χ2n) is 7.88. The molecule has 2 amide bonds. The molecule has 158 valence electrons. The van der Waals surface area contributed by atoms with E-state index in [-0.39, 0.29) is 30.3 Å². The fraction of sp³-hybridized carbons (Fsp3) is 0.435. The van der Waals surface area contributed by atoms with Gasteiger partial charge in [0.1, 0.15) is 17.6 Å². The topological polar surface area (TPSA) is 72.0 Å². The Bertz CT molecular complexity index is 907. The van der Waals surface area contributed by atoms with E-state index in [1.165, 1.54) is 0 Å². The molecule has 0 aliphatic carbocycles. The molecule has 4 rings (SSSR count). The summed E-state index contributed by atoms with van der Waals surface area (Å²) >= 11 is 0. The molecule has 0 spiro atoms. The molecule has 0 saturated carbocycles. The van der Waals surface area contributed by atoms with E-state index in [0.717, 1.165) is 30.0 Å². The maximum Gasteiger partial charge on any atom is 0.228 e. The van der Waals surface area contributed by atoms with Crippen molar-refractivity contribution in [3.05, 3.63) is 48.3 Å². The Morgan fingerprint density at radius 3 is 2.63 bits per heavy atom. The van der Waals surface area contributed by atoms with Gasteiger partial charge in [0.05, 0.1) is 19.2 Å². The number of hydrogen-bond acceptors (Lipinski definition) is 5. The molecule has 2 aliphatic heterocycles. The molecule has 0 radical (unpaired) electrons. The van der Waals surface area contributed by atoms with E-state index in [1.54, 1.807) is 18.2 Å². The van der Waals surface area contributed by atoms with E-state index in [9.17, 15) is 9.59 Å². The number of benzene rings is 1. The molecule has 0 bridgehead atoms. The summed E-state index contributed by atoms with van der Waals surface area (Å²) in [5, 5.41) is 0. The van der Waals surface area contributed by atoms with Gasteiger partial charge in [0, 0.05) is 56.3 Å². The van der Waals surface area contributed by atoms with Crippen LogP contribution in [0.25, 0.3) is 0 Å². The van der Waals surface area contributed by atoms with Gasteiger partial charge in [0.2, 0.25) is 11.8 Å². The first kappa shape index (κ1) is 20.2. The number of methoxy groups -OCH3 is 1. The Morgan fingerprint density at radius 1 is 1.13 bits per heavy atom. The number of anilines is 1. The van der Waals surface area contributed by atoms with Crippen molar-refractivity contribution in [2.45, 2.75) is 32.3 Å². The zero-order chi connectivity index (χ0) is 21.1. The van der Waals surface area contributed by atoms with Crippen molar-refractivity contribution in [1.82, 2.24) is 9.88 Å². The van der Waals surface area contributed by atoms with Crippen LogP contribution in [0.4, 0.5) is 5.69 Å². The number of piperidine rings is 1. The van der Waals surface area contributed by atoms with Crippen LogP contribution in [0.1, 0.15) is 25.0 Å². The van der Waals surface area contributed by atoms with Crippen molar-refractivity contribution in [3.63, 3.8) is 0 Å². The van der Waals surface area contributed by atoms with Gasteiger partial charge >= 0.3 is 0 Å². The number of aromatic nitrogens is 1. The molecule has 30 heavy (non-hydrogen) atoms. The van der Waals surface area contributed by atoms with Crippen LogP contribution in [0.2, 0.25) is 0 Å². The monoisotopic (exact) mass is 409 g/mol. The lowest BCUT2D eigenvalue weighted by atomic mass is 10.0. The summed E-state index contributed by atoms with van der Waals surface area (Å²) in [5.41, 5.74) is 1.73. The first-order valence-corrected chi connectivity index (χ1v) is 10.4. The summed E-state index contributed by atoms with van der Waals surface area (Å²) in [6.45, 7) is 3.65. The normalized spacial score (nSPS) is 19.8. The van der Waals surface area contributed by atoms with Gasteiger partial charge in [-0.05, 0) is 31.2 Å². The smallest absolute Gasteiger partial charge is 0.228 e. The minimum atomic E-state index is -0.303. The fourth-order valence-corrected chi connectivity index (χ4v) is 4.07. The molecular formula is C23H27N3O4. The van der Waals surface area contributed by atoms with Crippen molar-refractivity contribution in [1.29, 1.82) is 0 Å². The highest BCUT2D eigenvalue weighted by molar-refractivity contribution is 6.00. The third kappa shape index (κ3) is 4.40. The first-order chi connectivity index (χ1) is 14.5. The summed E-state index contributed by atoms with van der Waals surface area (Å²) < 4.78 is 11.3. The van der Waals surface area contributed by atoms with Crippen LogP contribution >= 0.6 is 0 Å². The molecular weight excluding hydrogens is 382 g/mol. The quantitative estimate of drug-likeness (QED) is 0.759. The Balaban J connectivity index is 1.32. The Kier molecular flexibility index (Phi) is 5.88. The van der Waals surface area contributed by atoms with E-state index >= 15 is 0 Å². The Hall–Kier alpha value is -3.09. The zero-order valence-corrected chi connectivity index (χ0v) is 17.4. The molecule has 2 aliphatic rings. The number of aryl methyl sites for hydroxylation is 1. The summed E-state index contributed by atoms with van der Waals surface area (Å²) in [7, 11) is 1.60. The number of carbonyl (C=O) groups is 2. The van der Waals surface area contributed by atoms with Gasteiger partial charge in [-0.15, -0.1) is 0 Å². The second kappa shape index (κ2) is 8.73. The molecule has 7 heteroatoms. The van der Waals surface area contributed by atoms with Crippen LogP contribution in [0.3, 0.4) is 0 Å². The van der Waals surface area contributed by atoms with Crippen molar-refractivity contribution in [3.8, 4) is 11.5 Å². The predicted molar refractivity (Wildman–Crippen MR) is 113 cm³/mol. The van der Waals surface area contributed by atoms with Gasteiger partial charge in [-0.2, -0.15) is 0 Å². The second-order valence-corrected chi connectivity index (χ2v) is 7.88. The maximum atomic E-state index is 13.0. The Morgan fingerprint density at radius 2 is 1.93 bits per heavy atom. The molecule has 1 atom stereocenters. The van der Waals surface area contributed by atoms with Crippen molar-refractivity contribution >= 4 is 17.5 Å². The number of nitrogens with zero attached hydrogens (tertiary/aromatic N) is 3. The minimum absolute atomic E-state index is 0.0216. The number of amides is 2. The number of rotatable bonds is 5. The average molecular weight is 409 g/mol. The van der Waals surface area contributed by atoms with Gasteiger partial charge in [-0.1, -0.05) is 6.07 Å². The van der Waals surface area contributed by atoms with Gasteiger partial charge in [-0.3, -0.25) is 14.6 Å². The fourth-order valence-electron chi connectivity index (χ4n) is 4.07. The molecule has 1 unspecified atom stereocenters. The SMILES string of the molecule is COc1cccc(N2CC(C(=O)N3CCC(Oc4ccc(C)nc4)CC3)CC2=O)c1. The van der Waals surface area contributed by atoms with Crippen LogP contribution in [0.5, 0.6) is 11.5 Å². The average Bonchev–Trinajstić information content (AvgIpc) is 3.17. The van der Waals surface area contributed by atoms with Crippen molar-refractivity contribution in [2.75, 3.05) is 31.6 Å². The molecule has 3 heterocycles. The summed E-state index contributed by atoms with van der Waals surface area (Å²) in [6, 6.07) is 11.2. The molecule has 2 saturated heterocycles. The van der Waals surface area contributed by atoms with E-state index in [0.29, 0.717) is 25.4 Å². The molecule has 0 N–H and O–H groups in total. The van der Waals surface area contributed by atoms with E-state index in [1.807, 2.05) is 48.2 Å². The number of likely N-dealkylation sites (tertiary alicyclic amines) is 1. The number of hydrogen-bond donors (Lipinski definition) is 0. The van der Waals surface area contributed by atoms with Crippen LogP contribution in [0, 0.1) is 12.8 Å². The zero-order valence-electron chi connectivity index (χ0n) is 17.4. The van der Waals surface area contributed by atoms with E-state index < -0.39 is 0 Å². The highest BCUT2D eigenvalue weighted by Crippen LogP contribution is 2.29. The lowest BCUT2D eigenvalue weighted by Crippen LogP contribution is -2.44. The lowest BCUT2D eigenvalue weighted by Gasteiger charge is -2.33. The Labute approximate surface area is 176 Å². The predicted octanol–water partition coefficient (Wildman–Crippen LogP) is 2.82. The maximum absolute atomic E-state index is 13.0. The third-order valence-corrected chi connectivity index (χ3v) is 5.78. The highest BCUT2D eigenvalue weighted by atomic mass is 16.5. The number of ether oxygens (including phenoxy) is 2. The molecule has 1 aromatic carbocycles. The first-order valence-electron chi connectivity index (χ1n) is 10.4. The van der Waals surface area contributed by atoms with Gasteiger partial charge in [-0.25, -0.2) is 0 Å². The van der Waals surface area contributed by atoms with E-state index in [2.05, 4.69) is 4.98 Å². The van der Waals surface area contributed by atoms with Gasteiger partial charge in [0.25, 0.3) is 0 Å². The van der Waals surface area contributed by atoms with E-state index in [4.69, 9.17) is 9.47 Å². The van der Waals surface area contributed by atoms with Gasteiger partial charge < -0.3 is 19.3 Å². The number of pyridine rings is 1. The molecule has 7 nitrogen and oxygen atoms in total. The highest BCUT2D eigenvalue weighted by Gasteiger charge is 2.38. The molecule has 2 fully saturated rings.